The quantitative estimate of drug-likeness (QED) is 0.152. The molecule has 0 aliphatic heterocycles. The van der Waals surface area contributed by atoms with Crippen molar-refractivity contribution in [2.75, 3.05) is 19.8 Å². The summed E-state index contributed by atoms with van der Waals surface area (Å²) in [6, 6.07) is 0.214. The monoisotopic (exact) mass is 537 g/mol. The molecule has 12 heteroatoms. The number of aromatic hydroxyl groups is 1. The van der Waals surface area contributed by atoms with E-state index < -0.39 is 81.4 Å². The van der Waals surface area contributed by atoms with Gasteiger partial charge >= 0.3 is 0 Å². The van der Waals surface area contributed by atoms with Crippen LogP contribution in [0.25, 0.3) is 0 Å². The molecule has 1 amide bonds. The lowest BCUT2D eigenvalue weighted by atomic mass is 9.55. The van der Waals surface area contributed by atoms with Crippen LogP contribution in [-0.2, 0) is 9.59 Å². The molecule has 3 aliphatic carbocycles. The lowest BCUT2D eigenvalue weighted by Gasteiger charge is -2.53. The average Bonchev–Trinajstić information content (AvgIpc) is 2.74. The molecule has 1 aromatic carbocycles. The standard InChI is InChI=1S/C22H24BrN3O8/c1-5-6-4-7(23)13(24)17(29)9(6)15(27)10-8(5)16(28)12-14(26(2)3)18(30)11(21(25)33)20(32)22(12,34)19(10)31/h4-5,8,12,14,16,28-31,34H,24H2,1-3H3,(H2,25,33)/t5-,8+,12+,14-,16-,22-/m1/s1. The second-order valence-corrected chi connectivity index (χ2v) is 9.99. The summed E-state index contributed by atoms with van der Waals surface area (Å²) in [6.07, 6.45) is -1.64. The second-order valence-electron chi connectivity index (χ2n) is 9.14. The molecule has 0 heterocycles. The predicted molar refractivity (Wildman–Crippen MR) is 122 cm³/mol. The molecule has 0 spiro atoms. The first-order chi connectivity index (χ1) is 15.7. The molecular weight excluding hydrogens is 514 g/mol. The number of carbonyl (C=O) groups is 3. The van der Waals surface area contributed by atoms with Crippen LogP contribution in [0.15, 0.2) is 33.2 Å². The smallest absolute Gasteiger partial charge is 0.255 e. The van der Waals surface area contributed by atoms with Gasteiger partial charge in [-0.1, -0.05) is 6.92 Å². The fourth-order valence-corrected chi connectivity index (χ4v) is 6.10. The normalized spacial score (nSPS) is 33.1. The second kappa shape index (κ2) is 7.54. The molecule has 1 aromatic rings. The number of aliphatic hydroxyl groups is 4. The van der Waals surface area contributed by atoms with Crippen molar-refractivity contribution in [3.63, 3.8) is 0 Å². The summed E-state index contributed by atoms with van der Waals surface area (Å²) in [5, 5.41) is 55.6. The lowest BCUT2D eigenvalue weighted by Crippen LogP contribution is -2.68. The Balaban J connectivity index is 2.07. The summed E-state index contributed by atoms with van der Waals surface area (Å²) in [4.78, 5) is 40.1. The maximum atomic E-state index is 13.5. The van der Waals surface area contributed by atoms with Crippen LogP contribution in [0.3, 0.4) is 0 Å². The number of rotatable bonds is 2. The number of halogens is 1. The van der Waals surface area contributed by atoms with Gasteiger partial charge < -0.3 is 37.0 Å². The van der Waals surface area contributed by atoms with E-state index in [4.69, 9.17) is 11.5 Å². The molecule has 0 unspecified atom stereocenters. The van der Waals surface area contributed by atoms with E-state index in [0.717, 1.165) is 0 Å². The Morgan fingerprint density at radius 2 is 1.79 bits per heavy atom. The third-order valence-electron chi connectivity index (χ3n) is 7.24. The van der Waals surface area contributed by atoms with E-state index in [9.17, 15) is 39.9 Å². The summed E-state index contributed by atoms with van der Waals surface area (Å²) >= 11 is 3.22. The van der Waals surface area contributed by atoms with Crippen LogP contribution in [0.5, 0.6) is 5.75 Å². The van der Waals surface area contributed by atoms with Gasteiger partial charge in [-0.2, -0.15) is 0 Å². The van der Waals surface area contributed by atoms with Crippen molar-refractivity contribution in [1.82, 2.24) is 4.90 Å². The van der Waals surface area contributed by atoms with Crippen LogP contribution in [0.2, 0.25) is 0 Å². The molecule has 0 fully saturated rings. The van der Waals surface area contributed by atoms with E-state index >= 15 is 0 Å². The van der Waals surface area contributed by atoms with Gasteiger partial charge in [0.2, 0.25) is 5.78 Å². The molecule has 34 heavy (non-hydrogen) atoms. The van der Waals surface area contributed by atoms with Crippen molar-refractivity contribution >= 4 is 39.1 Å². The number of phenols is 1. The van der Waals surface area contributed by atoms with E-state index in [1.165, 1.54) is 25.1 Å². The van der Waals surface area contributed by atoms with Gasteiger partial charge in [-0.3, -0.25) is 19.3 Å². The number of nitrogens with zero attached hydrogens (tertiary/aromatic N) is 1. The molecule has 182 valence electrons. The maximum Gasteiger partial charge on any atom is 0.255 e. The fraction of sp³-hybridized carbons (Fsp3) is 0.409. The highest BCUT2D eigenvalue weighted by atomic mass is 79.9. The Morgan fingerprint density at radius 1 is 1.21 bits per heavy atom. The minimum atomic E-state index is -2.94. The largest absolute Gasteiger partial charge is 0.510 e. The third kappa shape index (κ3) is 2.76. The van der Waals surface area contributed by atoms with Gasteiger partial charge in [0.15, 0.2) is 17.1 Å². The number of anilines is 1. The van der Waals surface area contributed by atoms with Crippen molar-refractivity contribution in [3.05, 3.63) is 44.3 Å². The Kier molecular flexibility index (Phi) is 5.36. The highest BCUT2D eigenvalue weighted by Crippen LogP contribution is 2.56. The van der Waals surface area contributed by atoms with E-state index in [1.54, 1.807) is 6.92 Å². The number of Topliss-reactive ketones (excluding diaryl/α,β-unsaturated/α-hetero) is 2. The van der Waals surface area contributed by atoms with Gasteiger partial charge in [-0.15, -0.1) is 0 Å². The van der Waals surface area contributed by atoms with Crippen molar-refractivity contribution < 1.29 is 39.9 Å². The van der Waals surface area contributed by atoms with Gasteiger partial charge in [0.25, 0.3) is 5.91 Å². The minimum absolute atomic E-state index is 0.129. The number of likely N-dealkylation sites (N-methyl/N-ethyl adjacent to an activating group) is 1. The molecule has 4 rings (SSSR count). The zero-order valence-electron chi connectivity index (χ0n) is 18.4. The maximum absolute atomic E-state index is 13.5. The molecule has 6 atom stereocenters. The summed E-state index contributed by atoms with van der Waals surface area (Å²) in [6.45, 7) is 1.64. The first kappa shape index (κ1) is 24.2. The van der Waals surface area contributed by atoms with Crippen LogP contribution in [0, 0.1) is 11.8 Å². The van der Waals surface area contributed by atoms with Crippen molar-refractivity contribution in [3.8, 4) is 5.75 Å². The Labute approximate surface area is 202 Å². The van der Waals surface area contributed by atoms with Crippen LogP contribution < -0.4 is 11.5 Å². The van der Waals surface area contributed by atoms with Crippen molar-refractivity contribution in [1.29, 1.82) is 0 Å². The number of hydrogen-bond donors (Lipinski definition) is 7. The number of amides is 1. The highest BCUT2D eigenvalue weighted by molar-refractivity contribution is 9.10. The number of fused-ring (bicyclic) bond motifs is 3. The number of phenolic OH excluding ortho intramolecular Hbond substituents is 1. The Bertz CT molecular complexity index is 1240. The number of primary amides is 1. The number of benzene rings is 1. The molecular formula is C22H24BrN3O8. The van der Waals surface area contributed by atoms with Gasteiger partial charge in [0, 0.05) is 16.0 Å². The van der Waals surface area contributed by atoms with Crippen LogP contribution in [0.1, 0.15) is 28.8 Å². The molecule has 0 aromatic heterocycles. The lowest BCUT2D eigenvalue weighted by molar-refractivity contribution is -0.162. The average molecular weight is 538 g/mol. The molecule has 9 N–H and O–H groups in total. The van der Waals surface area contributed by atoms with Crippen LogP contribution >= 0.6 is 15.9 Å². The molecule has 0 saturated heterocycles. The fourth-order valence-electron chi connectivity index (χ4n) is 5.67. The van der Waals surface area contributed by atoms with Crippen molar-refractivity contribution in [2.45, 2.75) is 30.6 Å². The topological polar surface area (TPSA) is 208 Å². The van der Waals surface area contributed by atoms with Crippen molar-refractivity contribution in [2.24, 2.45) is 17.6 Å². The zero-order chi connectivity index (χ0) is 25.6. The number of nitrogens with two attached hydrogens (primary N) is 2. The number of hydrogen-bond acceptors (Lipinski definition) is 10. The van der Waals surface area contributed by atoms with E-state index in [-0.39, 0.29) is 11.3 Å². The van der Waals surface area contributed by atoms with E-state index in [2.05, 4.69) is 15.9 Å². The molecule has 0 radical (unpaired) electrons. The number of carbonyl (C=O) groups excluding carboxylic acids is 3. The van der Waals surface area contributed by atoms with Gasteiger partial charge in [-0.05, 0) is 47.6 Å². The van der Waals surface area contributed by atoms with Gasteiger partial charge in [0.1, 0.15) is 17.1 Å². The van der Waals surface area contributed by atoms with E-state index in [0.29, 0.717) is 10.0 Å². The summed E-state index contributed by atoms with van der Waals surface area (Å²) in [5.74, 6) is -9.49. The third-order valence-corrected chi connectivity index (χ3v) is 7.90. The number of nitrogen functional groups attached to an aromatic ring is 1. The number of ketones is 2. The summed E-state index contributed by atoms with van der Waals surface area (Å²) in [7, 11) is 2.95. The van der Waals surface area contributed by atoms with Crippen LogP contribution in [-0.4, -0.2) is 79.7 Å². The Morgan fingerprint density at radius 3 is 2.32 bits per heavy atom. The zero-order valence-corrected chi connectivity index (χ0v) is 20.0. The first-order valence-corrected chi connectivity index (χ1v) is 11.1. The first-order valence-electron chi connectivity index (χ1n) is 10.3. The highest BCUT2D eigenvalue weighted by Gasteiger charge is 2.67. The molecule has 11 nitrogen and oxygen atoms in total. The van der Waals surface area contributed by atoms with Crippen LogP contribution in [0.4, 0.5) is 5.69 Å². The molecule has 0 saturated carbocycles. The SMILES string of the molecule is C[C@@H]1c2cc(Br)c(N)c(O)c2C(=O)C2=C(O)[C@@]3(O)C(=O)C(C(N)=O)=C(O)[C@H](N(C)C)[C@H]3[C@H](O)[C@H]21. The Hall–Kier alpha value is -2.93. The predicted octanol–water partition coefficient (Wildman–Crippen LogP) is -0.00290. The minimum Gasteiger partial charge on any atom is -0.510 e. The van der Waals surface area contributed by atoms with Gasteiger partial charge in [0.05, 0.1) is 29.3 Å². The number of aliphatic hydroxyl groups excluding tert-OH is 3. The summed E-state index contributed by atoms with van der Waals surface area (Å²) in [5.41, 5.74) is 6.72. The molecule has 3 aliphatic rings. The van der Waals surface area contributed by atoms with Gasteiger partial charge in [-0.25, -0.2) is 0 Å². The van der Waals surface area contributed by atoms with E-state index in [1.807, 2.05) is 0 Å². The summed E-state index contributed by atoms with van der Waals surface area (Å²) < 4.78 is 0.313. The molecule has 0 bridgehead atoms.